The van der Waals surface area contributed by atoms with E-state index in [0.717, 1.165) is 0 Å². The van der Waals surface area contributed by atoms with Crippen LogP contribution in [0.2, 0.25) is 0 Å². The fourth-order valence-electron chi connectivity index (χ4n) is 1.81. The van der Waals surface area contributed by atoms with E-state index < -0.39 is 41.1 Å². The summed E-state index contributed by atoms with van der Waals surface area (Å²) in [5.74, 6) is -5.07. The lowest BCUT2D eigenvalue weighted by atomic mass is 10.0. The number of carbonyl (C=O) groups excluding carboxylic acids is 2. The molecule has 0 spiro atoms. The SMILES string of the molecule is O=C[C@@H]1[C@@H](C(=O)Cl)C1(C(F)(F)F)C(F)(F)F. The minimum Gasteiger partial charge on any atom is -0.303 e. The van der Waals surface area contributed by atoms with E-state index in [1.54, 1.807) is 0 Å². The molecule has 0 aromatic carbocycles. The van der Waals surface area contributed by atoms with Gasteiger partial charge in [-0.25, -0.2) is 0 Å². The Hall–Kier alpha value is -0.790. The predicted molar refractivity (Wildman–Crippen MR) is 38.4 cm³/mol. The Morgan fingerprint density at radius 1 is 1.12 bits per heavy atom. The van der Waals surface area contributed by atoms with Crippen LogP contribution in [-0.4, -0.2) is 23.9 Å². The summed E-state index contributed by atoms with van der Waals surface area (Å²) in [6, 6.07) is 0. The second kappa shape index (κ2) is 3.35. The Morgan fingerprint density at radius 2 is 1.50 bits per heavy atom. The summed E-state index contributed by atoms with van der Waals surface area (Å²) < 4.78 is 74.1. The van der Waals surface area contributed by atoms with Crippen molar-refractivity contribution in [3.63, 3.8) is 0 Å². The molecule has 1 fully saturated rings. The topological polar surface area (TPSA) is 34.1 Å². The molecule has 1 rings (SSSR count). The molecule has 1 aliphatic carbocycles. The number of aldehydes is 1. The molecule has 92 valence electrons. The molecule has 0 unspecified atom stereocenters. The molecule has 0 bridgehead atoms. The molecular weight excluding hydrogens is 266 g/mol. The Kier molecular flexibility index (Phi) is 2.78. The minimum atomic E-state index is -5.74. The maximum atomic E-state index is 12.3. The van der Waals surface area contributed by atoms with E-state index in [4.69, 9.17) is 0 Å². The second-order valence-electron chi connectivity index (χ2n) is 3.31. The molecule has 0 aliphatic heterocycles. The van der Waals surface area contributed by atoms with Crippen molar-refractivity contribution in [1.29, 1.82) is 0 Å². The molecule has 0 radical (unpaired) electrons. The summed E-state index contributed by atoms with van der Waals surface area (Å²) in [6.07, 6.45) is -12.0. The van der Waals surface area contributed by atoms with Gasteiger partial charge in [-0.05, 0) is 11.6 Å². The highest BCUT2D eigenvalue weighted by atomic mass is 35.5. The van der Waals surface area contributed by atoms with Crippen LogP contribution >= 0.6 is 11.6 Å². The lowest BCUT2D eigenvalue weighted by molar-refractivity contribution is -0.307. The first-order valence-electron chi connectivity index (χ1n) is 3.80. The van der Waals surface area contributed by atoms with Gasteiger partial charge in [-0.15, -0.1) is 0 Å². The largest absolute Gasteiger partial charge is 0.404 e. The van der Waals surface area contributed by atoms with Crippen molar-refractivity contribution >= 4 is 23.1 Å². The van der Waals surface area contributed by atoms with E-state index in [0.29, 0.717) is 0 Å². The molecule has 1 aliphatic rings. The smallest absolute Gasteiger partial charge is 0.303 e. The van der Waals surface area contributed by atoms with Gasteiger partial charge in [0.2, 0.25) is 5.24 Å². The summed E-state index contributed by atoms with van der Waals surface area (Å²) in [7, 11) is 0. The molecule has 0 aromatic heterocycles. The summed E-state index contributed by atoms with van der Waals surface area (Å²) in [5, 5.41) is -1.81. The quantitative estimate of drug-likeness (QED) is 0.437. The Morgan fingerprint density at radius 3 is 1.56 bits per heavy atom. The van der Waals surface area contributed by atoms with Crippen LogP contribution in [0.1, 0.15) is 0 Å². The minimum absolute atomic E-state index is 0.536. The molecule has 2 atom stereocenters. The zero-order chi connectivity index (χ0) is 12.9. The van der Waals surface area contributed by atoms with Crippen LogP contribution in [0.4, 0.5) is 26.3 Å². The first kappa shape index (κ1) is 13.3. The van der Waals surface area contributed by atoms with Crippen molar-refractivity contribution in [2.75, 3.05) is 0 Å². The third-order valence-corrected chi connectivity index (χ3v) is 2.83. The van der Waals surface area contributed by atoms with Gasteiger partial charge in [0.25, 0.3) is 0 Å². The van der Waals surface area contributed by atoms with Crippen LogP contribution in [0, 0.1) is 17.3 Å². The van der Waals surface area contributed by atoms with Crippen molar-refractivity contribution in [3.05, 3.63) is 0 Å². The number of rotatable bonds is 2. The van der Waals surface area contributed by atoms with Crippen LogP contribution in [0.15, 0.2) is 0 Å². The molecule has 16 heavy (non-hydrogen) atoms. The lowest BCUT2D eigenvalue weighted by Crippen LogP contribution is -2.42. The van der Waals surface area contributed by atoms with Gasteiger partial charge in [0, 0.05) is 0 Å². The average molecular weight is 269 g/mol. The highest BCUT2D eigenvalue weighted by Crippen LogP contribution is 2.73. The van der Waals surface area contributed by atoms with E-state index in [2.05, 4.69) is 11.6 Å². The molecule has 2 nitrogen and oxygen atoms in total. The summed E-state index contributed by atoms with van der Waals surface area (Å²) in [4.78, 5) is 20.7. The third-order valence-electron chi connectivity index (χ3n) is 2.60. The van der Waals surface area contributed by atoms with Gasteiger partial charge < -0.3 is 4.79 Å². The number of hydrogen-bond donors (Lipinski definition) is 0. The molecule has 9 heteroatoms. The molecular formula is C7H3ClF6O2. The van der Waals surface area contributed by atoms with Crippen LogP contribution in [0.5, 0.6) is 0 Å². The van der Waals surface area contributed by atoms with Crippen molar-refractivity contribution < 1.29 is 35.9 Å². The van der Waals surface area contributed by atoms with Crippen molar-refractivity contribution in [3.8, 4) is 0 Å². The molecule has 0 aromatic rings. The van der Waals surface area contributed by atoms with E-state index in [9.17, 15) is 35.9 Å². The van der Waals surface area contributed by atoms with Crippen molar-refractivity contribution in [2.45, 2.75) is 12.4 Å². The van der Waals surface area contributed by atoms with Gasteiger partial charge in [-0.2, -0.15) is 26.3 Å². The van der Waals surface area contributed by atoms with Gasteiger partial charge in [0.15, 0.2) is 5.41 Å². The average Bonchev–Trinajstić information content (AvgIpc) is 2.70. The van der Waals surface area contributed by atoms with Crippen LogP contribution < -0.4 is 0 Å². The standard InChI is InChI=1S/C7H3ClF6O2/c8-4(16)3-2(1-15)5(3,6(9,10)11)7(12,13)14/h1-3H/t2-,3+/m1/s1. The van der Waals surface area contributed by atoms with Crippen LogP contribution in [0.3, 0.4) is 0 Å². The predicted octanol–water partition coefficient (Wildman–Crippen LogP) is 2.31. The highest BCUT2D eigenvalue weighted by Gasteiger charge is 2.91. The van der Waals surface area contributed by atoms with Gasteiger partial charge >= 0.3 is 12.4 Å². The Bertz CT molecular complexity index is 319. The van der Waals surface area contributed by atoms with E-state index in [1.165, 1.54) is 0 Å². The maximum Gasteiger partial charge on any atom is 0.404 e. The monoisotopic (exact) mass is 268 g/mol. The molecule has 0 heterocycles. The number of alkyl halides is 6. The van der Waals surface area contributed by atoms with Gasteiger partial charge in [0.1, 0.15) is 6.29 Å². The number of carbonyl (C=O) groups is 2. The molecule has 0 saturated heterocycles. The fourth-order valence-corrected chi connectivity index (χ4v) is 2.12. The van der Waals surface area contributed by atoms with Crippen molar-refractivity contribution in [2.24, 2.45) is 17.3 Å². The Labute approximate surface area is 89.5 Å². The zero-order valence-electron chi connectivity index (χ0n) is 7.19. The molecule has 0 N–H and O–H groups in total. The summed E-state index contributed by atoms with van der Waals surface area (Å²) in [5.41, 5.74) is -4.32. The van der Waals surface area contributed by atoms with Gasteiger partial charge in [-0.1, -0.05) is 0 Å². The first-order chi connectivity index (χ1) is 7.01. The maximum absolute atomic E-state index is 12.3. The van der Waals surface area contributed by atoms with Crippen LogP contribution in [0.25, 0.3) is 0 Å². The normalized spacial score (nSPS) is 28.7. The highest BCUT2D eigenvalue weighted by molar-refractivity contribution is 6.64. The summed E-state index contributed by atoms with van der Waals surface area (Å²) >= 11 is 4.65. The van der Waals surface area contributed by atoms with E-state index in [-0.39, 0.29) is 0 Å². The molecule has 1 saturated carbocycles. The first-order valence-corrected chi connectivity index (χ1v) is 4.17. The van der Waals surface area contributed by atoms with E-state index in [1.807, 2.05) is 0 Å². The van der Waals surface area contributed by atoms with Crippen molar-refractivity contribution in [1.82, 2.24) is 0 Å². The van der Waals surface area contributed by atoms with Gasteiger partial charge in [-0.3, -0.25) is 4.79 Å². The number of hydrogen-bond acceptors (Lipinski definition) is 2. The van der Waals surface area contributed by atoms with Crippen LogP contribution in [-0.2, 0) is 9.59 Å². The summed E-state index contributed by atoms with van der Waals surface area (Å²) in [6.45, 7) is 0. The lowest BCUT2D eigenvalue weighted by Gasteiger charge is -2.23. The van der Waals surface area contributed by atoms with E-state index >= 15 is 0 Å². The zero-order valence-corrected chi connectivity index (χ0v) is 7.95. The van der Waals surface area contributed by atoms with Gasteiger partial charge in [0.05, 0.1) is 11.8 Å². The molecule has 0 amide bonds. The number of halogens is 7. The Balaban J connectivity index is 3.31. The fraction of sp³-hybridized carbons (Fsp3) is 0.714. The third kappa shape index (κ3) is 1.42. The second-order valence-corrected chi connectivity index (χ2v) is 3.68.